The third kappa shape index (κ3) is 12.0. The number of hydrogen-bond donors (Lipinski definition) is 3. The highest BCUT2D eigenvalue weighted by molar-refractivity contribution is 6.15. The average Bonchev–Trinajstić information content (AvgIpc) is 3.10. The fraction of sp³-hybridized carbons (Fsp3) is 0.394. The fourth-order valence-corrected chi connectivity index (χ4v) is 5.31. The second-order valence-electron chi connectivity index (χ2n) is 11.7. The van der Waals surface area contributed by atoms with Crippen LogP contribution in [0.25, 0.3) is 0 Å². The molecule has 288 valence electrons. The van der Waals surface area contributed by atoms with Gasteiger partial charge in [0.1, 0.15) is 30.6 Å². The minimum absolute atomic E-state index is 0.0138. The molecule has 0 saturated carbocycles. The Kier molecular flexibility index (Phi) is 13.6. The molecule has 0 spiro atoms. The molecule has 0 radical (unpaired) electrons. The normalized spacial score (nSPS) is 16.9. The van der Waals surface area contributed by atoms with Crippen molar-refractivity contribution in [2.24, 2.45) is 5.73 Å². The summed E-state index contributed by atoms with van der Waals surface area (Å²) in [5, 5.41) is 4.50. The van der Waals surface area contributed by atoms with Crippen LogP contribution in [-0.2, 0) is 25.4 Å². The number of rotatable bonds is 12. The smallest absolute Gasteiger partial charge is 0.422 e. The van der Waals surface area contributed by atoms with Crippen LogP contribution in [0.1, 0.15) is 29.0 Å². The van der Waals surface area contributed by atoms with Gasteiger partial charge < -0.3 is 30.6 Å². The van der Waals surface area contributed by atoms with Crippen LogP contribution in [0, 0.1) is 17.5 Å². The minimum Gasteiger partial charge on any atom is -0.448 e. The van der Waals surface area contributed by atoms with Crippen molar-refractivity contribution in [3.63, 3.8) is 0 Å². The van der Waals surface area contributed by atoms with Gasteiger partial charge in [-0.05, 0) is 48.2 Å². The number of hydrogen-bond acceptors (Lipinski definition) is 9. The molecule has 3 atom stereocenters. The molecule has 0 bridgehead atoms. The maximum atomic E-state index is 15.4. The van der Waals surface area contributed by atoms with Crippen LogP contribution in [0.5, 0.6) is 0 Å². The Balaban J connectivity index is 1.56. The lowest BCUT2D eigenvalue weighted by atomic mass is 9.84. The van der Waals surface area contributed by atoms with E-state index in [1.54, 1.807) is 5.32 Å². The molecule has 0 aliphatic carbocycles. The van der Waals surface area contributed by atoms with Gasteiger partial charge in [0.25, 0.3) is 5.91 Å². The first kappa shape index (κ1) is 40.8. The number of nitrogens with zero attached hydrogens (tertiary/aromatic N) is 2. The number of ether oxygens (including phenoxy) is 3. The summed E-state index contributed by atoms with van der Waals surface area (Å²) in [7, 11) is 0. The number of carbonyl (C=O) groups excluding carboxylic acids is 3. The molecule has 53 heavy (non-hydrogen) atoms. The molecule has 20 heteroatoms. The van der Waals surface area contributed by atoms with Crippen molar-refractivity contribution in [1.82, 2.24) is 15.6 Å². The van der Waals surface area contributed by atoms with Crippen LogP contribution >= 0.6 is 0 Å². The molecule has 2 aromatic carbocycles. The number of imide groups is 1. The first-order valence-corrected chi connectivity index (χ1v) is 15.7. The standard InChI is InChI=1S/C33H32F9N5O6/c34-20-5-1-18(2-6-20)27(19-3-7-21(35)8-4-19)28(43)29(48)47(31(50)53-17-33(40,41)42)26-13-44-12-25(36)24(26)10-9-23-11-45-22(14-51-23)15-52-30(49)46-16-32(37,38)39/h1-8,12-13,22-23,27-28,45H,9-11,14-17,43H2,(H,46,49)/t22-,23+,28-/m0/s1. The molecule has 3 aromatic rings. The number of nitrogens with one attached hydrogen (secondary N) is 2. The van der Waals surface area contributed by atoms with E-state index in [0.717, 1.165) is 36.7 Å². The van der Waals surface area contributed by atoms with Crippen LogP contribution in [0.2, 0.25) is 0 Å². The van der Waals surface area contributed by atoms with E-state index in [1.165, 1.54) is 24.3 Å². The highest BCUT2D eigenvalue weighted by Crippen LogP contribution is 2.32. The Bertz CT molecular complexity index is 1660. The number of carbonyl (C=O) groups is 3. The number of alkyl carbamates (subject to hydrolysis) is 1. The van der Waals surface area contributed by atoms with Gasteiger partial charge in [0, 0.05) is 18.0 Å². The topological polar surface area (TPSA) is 145 Å². The molecule has 1 aromatic heterocycles. The number of anilines is 1. The van der Waals surface area contributed by atoms with Crippen molar-refractivity contribution in [1.29, 1.82) is 0 Å². The molecule has 3 amide bonds. The quantitative estimate of drug-likeness (QED) is 0.210. The van der Waals surface area contributed by atoms with E-state index < -0.39 is 90.8 Å². The molecule has 1 saturated heterocycles. The summed E-state index contributed by atoms with van der Waals surface area (Å²) >= 11 is 0. The predicted molar refractivity (Wildman–Crippen MR) is 167 cm³/mol. The monoisotopic (exact) mass is 765 g/mol. The van der Waals surface area contributed by atoms with Gasteiger partial charge in [-0.1, -0.05) is 24.3 Å². The summed E-state index contributed by atoms with van der Waals surface area (Å²) in [6, 6.07) is 6.75. The first-order chi connectivity index (χ1) is 24.9. The lowest BCUT2D eigenvalue weighted by molar-refractivity contribution is -0.160. The highest BCUT2D eigenvalue weighted by atomic mass is 19.4. The number of aromatic nitrogens is 1. The number of amides is 3. The predicted octanol–water partition coefficient (Wildman–Crippen LogP) is 5.27. The van der Waals surface area contributed by atoms with Crippen LogP contribution in [0.3, 0.4) is 0 Å². The van der Waals surface area contributed by atoms with Crippen molar-refractivity contribution >= 4 is 23.8 Å². The molecule has 4 rings (SSSR count). The van der Waals surface area contributed by atoms with E-state index in [2.05, 4.69) is 15.0 Å². The third-order valence-corrected chi connectivity index (χ3v) is 7.82. The van der Waals surface area contributed by atoms with E-state index >= 15 is 4.39 Å². The van der Waals surface area contributed by atoms with Crippen LogP contribution < -0.4 is 21.3 Å². The molecule has 11 nitrogen and oxygen atoms in total. The molecule has 1 aliphatic heterocycles. The summed E-state index contributed by atoms with van der Waals surface area (Å²) < 4.78 is 134. The van der Waals surface area contributed by atoms with E-state index in [4.69, 9.17) is 15.2 Å². The molecule has 4 N–H and O–H groups in total. The largest absolute Gasteiger partial charge is 0.448 e. The van der Waals surface area contributed by atoms with Gasteiger partial charge in [-0.3, -0.25) is 9.78 Å². The number of halogens is 9. The zero-order chi connectivity index (χ0) is 38.9. The van der Waals surface area contributed by atoms with Crippen molar-refractivity contribution in [2.75, 3.05) is 37.8 Å². The van der Waals surface area contributed by atoms with Gasteiger partial charge in [-0.2, -0.15) is 26.3 Å². The van der Waals surface area contributed by atoms with Gasteiger partial charge in [-0.15, -0.1) is 0 Å². The van der Waals surface area contributed by atoms with Gasteiger partial charge in [0.2, 0.25) is 0 Å². The summed E-state index contributed by atoms with van der Waals surface area (Å²) in [6.07, 6.45) is -12.2. The number of benzene rings is 2. The van der Waals surface area contributed by atoms with E-state index in [-0.39, 0.29) is 54.2 Å². The van der Waals surface area contributed by atoms with Crippen LogP contribution in [0.4, 0.5) is 54.8 Å². The average molecular weight is 766 g/mol. The Labute approximate surface area is 295 Å². The van der Waals surface area contributed by atoms with Crippen LogP contribution in [0.15, 0.2) is 60.9 Å². The van der Waals surface area contributed by atoms with Gasteiger partial charge in [-0.25, -0.2) is 27.7 Å². The van der Waals surface area contributed by atoms with Gasteiger partial charge in [0.05, 0.1) is 42.9 Å². The van der Waals surface area contributed by atoms with Crippen molar-refractivity contribution in [2.45, 2.75) is 49.3 Å². The lowest BCUT2D eigenvalue weighted by Gasteiger charge is -2.31. The molecular formula is C33H32F9N5O6. The fourth-order valence-electron chi connectivity index (χ4n) is 5.31. The van der Waals surface area contributed by atoms with E-state index in [1.807, 2.05) is 0 Å². The van der Waals surface area contributed by atoms with Crippen LogP contribution in [-0.4, -0.2) is 86.5 Å². The van der Waals surface area contributed by atoms with Crippen molar-refractivity contribution in [3.05, 3.63) is 95.1 Å². The summed E-state index contributed by atoms with van der Waals surface area (Å²) in [4.78, 5) is 42.7. The molecular weight excluding hydrogens is 733 g/mol. The third-order valence-electron chi connectivity index (χ3n) is 7.82. The maximum absolute atomic E-state index is 15.4. The number of alkyl halides is 6. The molecule has 1 aliphatic rings. The van der Waals surface area contributed by atoms with Crippen molar-refractivity contribution in [3.8, 4) is 0 Å². The van der Waals surface area contributed by atoms with E-state index in [9.17, 15) is 49.5 Å². The Morgan fingerprint density at radius 3 is 2.06 bits per heavy atom. The minimum atomic E-state index is -5.03. The molecule has 0 unspecified atom stereocenters. The SMILES string of the molecule is N[C@H](C(=O)N(C(=O)OCC(F)(F)F)c1cncc(F)c1CC[C@@H]1CN[C@H](COC(=O)NCC(F)(F)F)CO1)C(c1ccc(F)cc1)c1ccc(F)cc1. The Morgan fingerprint density at radius 1 is 0.925 bits per heavy atom. The highest BCUT2D eigenvalue weighted by Gasteiger charge is 2.39. The zero-order valence-corrected chi connectivity index (χ0v) is 27.4. The number of pyridine rings is 1. The van der Waals surface area contributed by atoms with Gasteiger partial charge >= 0.3 is 24.5 Å². The molecule has 2 heterocycles. The van der Waals surface area contributed by atoms with Crippen molar-refractivity contribution < 1.29 is 68.1 Å². The summed E-state index contributed by atoms with van der Waals surface area (Å²) in [5.74, 6) is -4.99. The maximum Gasteiger partial charge on any atom is 0.422 e. The second-order valence-corrected chi connectivity index (χ2v) is 11.7. The lowest BCUT2D eigenvalue weighted by Crippen LogP contribution is -2.51. The van der Waals surface area contributed by atoms with E-state index in [0.29, 0.717) is 0 Å². The summed E-state index contributed by atoms with van der Waals surface area (Å²) in [5.41, 5.74) is 5.83. The second kappa shape index (κ2) is 17.7. The number of morpholine rings is 1. The Hall–Kier alpha value is -4.95. The molecule has 1 fully saturated rings. The number of nitrogens with two attached hydrogens (primary N) is 1. The Morgan fingerprint density at radius 2 is 1.53 bits per heavy atom. The summed E-state index contributed by atoms with van der Waals surface area (Å²) in [6.45, 7) is -4.10. The van der Waals surface area contributed by atoms with Gasteiger partial charge in [0.15, 0.2) is 6.61 Å². The zero-order valence-electron chi connectivity index (χ0n) is 27.4. The first-order valence-electron chi connectivity index (χ1n) is 15.7.